The van der Waals surface area contributed by atoms with Gasteiger partial charge in [-0.3, -0.25) is 5.10 Å². The predicted octanol–water partition coefficient (Wildman–Crippen LogP) is 5.11. The Morgan fingerprint density at radius 1 is 1.16 bits per heavy atom. The Morgan fingerprint density at radius 3 is 2.40 bits per heavy atom. The Balaban J connectivity index is 1.92. The second-order valence-electron chi connectivity index (χ2n) is 5.81. The number of benzene rings is 1. The van der Waals surface area contributed by atoms with Crippen LogP contribution in [-0.2, 0) is 12.7 Å². The van der Waals surface area contributed by atoms with Crippen LogP contribution in [0.2, 0.25) is 0 Å². The SMILES string of the molecule is [C-]#[N+]c1ccc(-c2cc(C)n(Cc3cc(C(F)(F)F)n[nH]3)c2C)cc1. The summed E-state index contributed by atoms with van der Waals surface area (Å²) >= 11 is 0. The molecule has 0 unspecified atom stereocenters. The van der Waals surface area contributed by atoms with Gasteiger partial charge in [0.05, 0.1) is 18.8 Å². The highest BCUT2D eigenvalue weighted by Crippen LogP contribution is 2.30. The molecular formula is C18H15F3N4. The molecule has 7 heteroatoms. The zero-order chi connectivity index (χ0) is 18.2. The van der Waals surface area contributed by atoms with Gasteiger partial charge in [0.1, 0.15) is 0 Å². The highest BCUT2D eigenvalue weighted by molar-refractivity contribution is 5.69. The summed E-state index contributed by atoms with van der Waals surface area (Å²) < 4.78 is 40.0. The fourth-order valence-electron chi connectivity index (χ4n) is 2.81. The molecule has 0 bridgehead atoms. The van der Waals surface area contributed by atoms with Crippen molar-refractivity contribution in [2.45, 2.75) is 26.6 Å². The molecule has 0 aliphatic rings. The Morgan fingerprint density at radius 2 is 1.84 bits per heavy atom. The van der Waals surface area contributed by atoms with Crippen LogP contribution >= 0.6 is 0 Å². The predicted molar refractivity (Wildman–Crippen MR) is 88.3 cm³/mol. The average Bonchev–Trinajstić information content (AvgIpc) is 3.15. The Labute approximate surface area is 142 Å². The van der Waals surface area contributed by atoms with Gasteiger partial charge < -0.3 is 4.57 Å². The number of hydrogen-bond donors (Lipinski definition) is 1. The number of rotatable bonds is 3. The fourth-order valence-corrected chi connectivity index (χ4v) is 2.81. The molecule has 2 heterocycles. The normalized spacial score (nSPS) is 11.5. The van der Waals surface area contributed by atoms with Crippen LogP contribution in [0.1, 0.15) is 22.8 Å². The van der Waals surface area contributed by atoms with Gasteiger partial charge in [-0.1, -0.05) is 24.3 Å². The Hall–Kier alpha value is -3.01. The lowest BCUT2D eigenvalue weighted by molar-refractivity contribution is -0.141. The van der Waals surface area contributed by atoms with Gasteiger partial charge in [-0.25, -0.2) is 4.85 Å². The minimum absolute atomic E-state index is 0.279. The van der Waals surface area contributed by atoms with Gasteiger partial charge in [-0.05, 0) is 31.5 Å². The minimum atomic E-state index is -4.45. The highest BCUT2D eigenvalue weighted by Gasteiger charge is 2.33. The van der Waals surface area contributed by atoms with E-state index in [2.05, 4.69) is 15.0 Å². The highest BCUT2D eigenvalue weighted by atomic mass is 19.4. The Bertz CT molecular complexity index is 940. The fraction of sp³-hybridized carbons (Fsp3) is 0.222. The third-order valence-corrected chi connectivity index (χ3v) is 4.13. The second-order valence-corrected chi connectivity index (χ2v) is 5.81. The van der Waals surface area contributed by atoms with E-state index in [0.717, 1.165) is 28.6 Å². The molecule has 128 valence electrons. The first-order chi connectivity index (χ1) is 11.8. The van der Waals surface area contributed by atoms with Crippen molar-refractivity contribution in [3.63, 3.8) is 0 Å². The van der Waals surface area contributed by atoms with Crippen LogP contribution in [0.15, 0.2) is 36.4 Å². The first kappa shape index (κ1) is 16.8. The number of halogens is 3. The monoisotopic (exact) mass is 344 g/mol. The molecule has 0 fully saturated rings. The van der Waals surface area contributed by atoms with Gasteiger partial charge in [0.2, 0.25) is 0 Å². The molecule has 0 spiro atoms. The molecule has 0 amide bonds. The molecule has 0 saturated carbocycles. The van der Waals surface area contributed by atoms with Crippen molar-refractivity contribution >= 4 is 5.69 Å². The van der Waals surface area contributed by atoms with Gasteiger partial charge in [-0.15, -0.1) is 0 Å². The average molecular weight is 344 g/mol. The number of hydrogen-bond acceptors (Lipinski definition) is 1. The van der Waals surface area contributed by atoms with Gasteiger partial charge in [0.25, 0.3) is 0 Å². The van der Waals surface area contributed by atoms with E-state index in [0.29, 0.717) is 11.4 Å². The number of aryl methyl sites for hydroxylation is 1. The molecule has 0 saturated heterocycles. The molecule has 0 radical (unpaired) electrons. The van der Waals surface area contributed by atoms with Crippen molar-refractivity contribution in [1.29, 1.82) is 0 Å². The summed E-state index contributed by atoms with van der Waals surface area (Å²) in [4.78, 5) is 3.37. The zero-order valence-electron chi connectivity index (χ0n) is 13.6. The van der Waals surface area contributed by atoms with E-state index < -0.39 is 11.9 Å². The lowest BCUT2D eigenvalue weighted by atomic mass is 10.1. The number of aromatic amines is 1. The van der Waals surface area contributed by atoms with Crippen molar-refractivity contribution in [3.05, 3.63) is 70.6 Å². The van der Waals surface area contributed by atoms with E-state index in [1.165, 1.54) is 0 Å². The van der Waals surface area contributed by atoms with Gasteiger partial charge >= 0.3 is 6.18 Å². The first-order valence-corrected chi connectivity index (χ1v) is 7.55. The molecule has 3 rings (SSSR count). The van der Waals surface area contributed by atoms with Crippen LogP contribution in [0.3, 0.4) is 0 Å². The summed E-state index contributed by atoms with van der Waals surface area (Å²) in [5.41, 5.74) is 3.87. The number of nitrogens with one attached hydrogen (secondary N) is 1. The molecule has 1 N–H and O–H groups in total. The summed E-state index contributed by atoms with van der Waals surface area (Å²) in [5, 5.41) is 5.79. The number of aromatic nitrogens is 3. The maximum Gasteiger partial charge on any atom is 0.435 e. The van der Waals surface area contributed by atoms with Crippen LogP contribution in [0.25, 0.3) is 16.0 Å². The number of nitrogens with zero attached hydrogens (tertiary/aromatic N) is 3. The molecular weight excluding hydrogens is 329 g/mol. The van der Waals surface area contributed by atoms with E-state index in [9.17, 15) is 13.2 Å². The smallest absolute Gasteiger partial charge is 0.343 e. The molecule has 0 atom stereocenters. The minimum Gasteiger partial charge on any atom is -0.343 e. The second kappa shape index (κ2) is 6.13. The van der Waals surface area contributed by atoms with Crippen molar-refractivity contribution < 1.29 is 13.2 Å². The van der Waals surface area contributed by atoms with Gasteiger partial charge in [-0.2, -0.15) is 18.3 Å². The van der Waals surface area contributed by atoms with Crippen molar-refractivity contribution in [3.8, 4) is 11.1 Å². The van der Waals surface area contributed by atoms with Gasteiger partial charge in [0.15, 0.2) is 11.4 Å². The van der Waals surface area contributed by atoms with Crippen LogP contribution in [0.4, 0.5) is 18.9 Å². The summed E-state index contributed by atoms with van der Waals surface area (Å²) in [7, 11) is 0. The third-order valence-electron chi connectivity index (χ3n) is 4.13. The van der Waals surface area contributed by atoms with Crippen molar-refractivity contribution in [1.82, 2.24) is 14.8 Å². The van der Waals surface area contributed by atoms with Crippen LogP contribution in [-0.4, -0.2) is 14.8 Å². The largest absolute Gasteiger partial charge is 0.435 e. The first-order valence-electron chi connectivity index (χ1n) is 7.55. The maximum atomic E-state index is 12.7. The number of H-pyrrole nitrogens is 1. The molecule has 0 aliphatic heterocycles. The molecule has 1 aromatic carbocycles. The molecule has 3 aromatic rings. The van der Waals surface area contributed by atoms with Crippen molar-refractivity contribution in [2.24, 2.45) is 0 Å². The quantitative estimate of drug-likeness (QED) is 0.659. The maximum absolute atomic E-state index is 12.7. The van der Waals surface area contributed by atoms with E-state index >= 15 is 0 Å². The zero-order valence-corrected chi connectivity index (χ0v) is 13.6. The molecule has 25 heavy (non-hydrogen) atoms. The molecule has 2 aromatic heterocycles. The van der Waals surface area contributed by atoms with E-state index in [1.807, 2.05) is 36.6 Å². The van der Waals surface area contributed by atoms with Crippen LogP contribution in [0, 0.1) is 20.4 Å². The lowest BCUT2D eigenvalue weighted by Gasteiger charge is -2.08. The third kappa shape index (κ3) is 3.29. The summed E-state index contributed by atoms with van der Waals surface area (Å²) in [5.74, 6) is 0. The van der Waals surface area contributed by atoms with E-state index in [4.69, 9.17) is 6.57 Å². The van der Waals surface area contributed by atoms with Crippen molar-refractivity contribution in [2.75, 3.05) is 0 Å². The molecule has 4 nitrogen and oxygen atoms in total. The summed E-state index contributed by atoms with van der Waals surface area (Å²) in [6.45, 7) is 11.1. The van der Waals surface area contributed by atoms with E-state index in [-0.39, 0.29) is 6.54 Å². The Kier molecular flexibility index (Phi) is 4.13. The standard InChI is InChI=1S/C18H15F3N4/c1-11-8-16(13-4-6-14(22-3)7-5-13)12(2)25(11)10-15-9-17(24-23-15)18(19,20)21/h4-9H,10H2,1-2H3,(H,23,24). The lowest BCUT2D eigenvalue weighted by Crippen LogP contribution is -2.05. The van der Waals surface area contributed by atoms with Crippen LogP contribution in [0.5, 0.6) is 0 Å². The molecule has 0 aliphatic carbocycles. The summed E-state index contributed by atoms with van der Waals surface area (Å²) in [6.07, 6.45) is -4.45. The van der Waals surface area contributed by atoms with Gasteiger partial charge in [0, 0.05) is 17.0 Å². The summed E-state index contributed by atoms with van der Waals surface area (Å²) in [6, 6.07) is 10.3. The number of alkyl halides is 3. The topological polar surface area (TPSA) is 38.0 Å². The van der Waals surface area contributed by atoms with Crippen LogP contribution < -0.4 is 0 Å². The van der Waals surface area contributed by atoms with E-state index in [1.54, 1.807) is 12.1 Å².